The second-order valence-electron chi connectivity index (χ2n) is 6.00. The Labute approximate surface area is 104 Å². The molecule has 0 aromatic rings. The molecule has 1 aliphatic rings. The van der Waals surface area contributed by atoms with E-state index in [4.69, 9.17) is 0 Å². The topological polar surface area (TPSA) is 52.6 Å². The number of hydrogen-bond acceptors (Lipinski definition) is 2. The van der Waals surface area contributed by atoms with Crippen LogP contribution in [0.15, 0.2) is 12.7 Å². The molecule has 0 spiro atoms. The molecule has 0 atom stereocenters. The van der Waals surface area contributed by atoms with Gasteiger partial charge < -0.3 is 15.3 Å². The average molecular weight is 240 g/mol. The van der Waals surface area contributed by atoms with Crippen LogP contribution in [0.5, 0.6) is 0 Å². The molecule has 0 aromatic heterocycles. The minimum absolute atomic E-state index is 0.0909. The van der Waals surface area contributed by atoms with E-state index in [2.05, 4.69) is 11.9 Å². The molecule has 2 N–H and O–H groups in total. The highest BCUT2D eigenvalue weighted by molar-refractivity contribution is 5.76. The quantitative estimate of drug-likeness (QED) is 0.724. The van der Waals surface area contributed by atoms with Crippen molar-refractivity contribution in [2.75, 3.05) is 6.54 Å². The molecule has 0 radical (unpaired) electrons. The number of hydrogen-bond donors (Lipinski definition) is 2. The van der Waals surface area contributed by atoms with E-state index in [0.717, 1.165) is 0 Å². The molecule has 0 saturated carbocycles. The Kier molecular flexibility index (Phi) is 3.87. The summed E-state index contributed by atoms with van der Waals surface area (Å²) in [5.74, 6) is 0. The van der Waals surface area contributed by atoms with Crippen molar-refractivity contribution >= 4 is 6.03 Å². The van der Waals surface area contributed by atoms with Crippen molar-refractivity contribution in [2.24, 2.45) is 0 Å². The third-order valence-electron chi connectivity index (χ3n) is 3.28. The standard InChI is InChI=1S/C13H24N2O2/c1-6-7-14-11(17)15-12(2,3)8-10(16)9-13(15,4)5/h6,10,16H,1,7-9H2,2-5H3,(H,14,17). The van der Waals surface area contributed by atoms with Gasteiger partial charge in [0, 0.05) is 17.6 Å². The smallest absolute Gasteiger partial charge is 0.318 e. The molecule has 1 fully saturated rings. The van der Waals surface area contributed by atoms with E-state index in [1.165, 1.54) is 0 Å². The van der Waals surface area contributed by atoms with Gasteiger partial charge >= 0.3 is 6.03 Å². The number of amides is 2. The molecule has 0 unspecified atom stereocenters. The molecule has 1 heterocycles. The summed E-state index contributed by atoms with van der Waals surface area (Å²) >= 11 is 0. The predicted octanol–water partition coefficient (Wildman–Crippen LogP) is 1.90. The lowest BCUT2D eigenvalue weighted by Gasteiger charge is -2.54. The van der Waals surface area contributed by atoms with Crippen LogP contribution in [0.1, 0.15) is 40.5 Å². The molecule has 0 aliphatic carbocycles. The lowest BCUT2D eigenvalue weighted by Crippen LogP contribution is -2.65. The fraction of sp³-hybridized carbons (Fsp3) is 0.769. The summed E-state index contributed by atoms with van der Waals surface area (Å²) < 4.78 is 0. The SMILES string of the molecule is C=CCNC(=O)N1C(C)(C)CC(O)CC1(C)C. The summed E-state index contributed by atoms with van der Waals surface area (Å²) in [6, 6.07) is -0.0909. The number of rotatable bonds is 2. The van der Waals surface area contributed by atoms with Crippen molar-refractivity contribution in [3.8, 4) is 0 Å². The van der Waals surface area contributed by atoms with Crippen molar-refractivity contribution in [2.45, 2.75) is 57.7 Å². The van der Waals surface area contributed by atoms with E-state index in [0.29, 0.717) is 19.4 Å². The normalized spacial score (nSPS) is 23.2. The first kappa shape index (κ1) is 14.0. The summed E-state index contributed by atoms with van der Waals surface area (Å²) in [7, 11) is 0. The van der Waals surface area contributed by atoms with Crippen LogP contribution in [0.25, 0.3) is 0 Å². The number of nitrogens with zero attached hydrogens (tertiary/aromatic N) is 1. The average Bonchev–Trinajstić information content (AvgIpc) is 2.09. The van der Waals surface area contributed by atoms with Crippen molar-refractivity contribution in [3.05, 3.63) is 12.7 Å². The molecule has 1 aliphatic heterocycles. The molecule has 2 amide bonds. The molecule has 0 bridgehead atoms. The number of carbonyl (C=O) groups is 1. The second kappa shape index (κ2) is 4.69. The van der Waals surface area contributed by atoms with Crippen LogP contribution in [0.4, 0.5) is 4.79 Å². The molecule has 17 heavy (non-hydrogen) atoms. The van der Waals surface area contributed by atoms with Gasteiger partial charge in [-0.25, -0.2) is 4.79 Å². The van der Waals surface area contributed by atoms with Gasteiger partial charge in [0.2, 0.25) is 0 Å². The van der Waals surface area contributed by atoms with E-state index >= 15 is 0 Å². The minimum atomic E-state index is -0.344. The summed E-state index contributed by atoms with van der Waals surface area (Å²) in [4.78, 5) is 14.0. The zero-order chi connectivity index (χ0) is 13.3. The van der Waals surface area contributed by atoms with Crippen LogP contribution in [0.3, 0.4) is 0 Å². The highest BCUT2D eigenvalue weighted by Gasteiger charge is 2.47. The third-order valence-corrected chi connectivity index (χ3v) is 3.28. The first-order chi connectivity index (χ1) is 7.70. The fourth-order valence-electron chi connectivity index (χ4n) is 3.02. The van der Waals surface area contributed by atoms with Crippen molar-refractivity contribution in [1.82, 2.24) is 10.2 Å². The number of urea groups is 1. The van der Waals surface area contributed by atoms with Crippen molar-refractivity contribution in [3.63, 3.8) is 0 Å². The molecule has 0 aromatic carbocycles. The minimum Gasteiger partial charge on any atom is -0.393 e. The highest BCUT2D eigenvalue weighted by atomic mass is 16.3. The van der Waals surface area contributed by atoms with Crippen LogP contribution in [-0.4, -0.2) is 39.8 Å². The number of aliphatic hydroxyl groups is 1. The van der Waals surface area contributed by atoms with Gasteiger partial charge in [0.1, 0.15) is 0 Å². The molecule has 4 heteroatoms. The first-order valence-corrected chi connectivity index (χ1v) is 6.08. The molecular weight excluding hydrogens is 216 g/mol. The zero-order valence-corrected chi connectivity index (χ0v) is 11.3. The predicted molar refractivity (Wildman–Crippen MR) is 68.8 cm³/mol. The van der Waals surface area contributed by atoms with Crippen molar-refractivity contribution < 1.29 is 9.90 Å². The van der Waals surface area contributed by atoms with Gasteiger partial charge in [-0.3, -0.25) is 0 Å². The Hall–Kier alpha value is -1.03. The van der Waals surface area contributed by atoms with Crippen LogP contribution < -0.4 is 5.32 Å². The van der Waals surface area contributed by atoms with E-state index in [9.17, 15) is 9.90 Å². The van der Waals surface area contributed by atoms with Crippen molar-refractivity contribution in [1.29, 1.82) is 0 Å². The number of nitrogens with one attached hydrogen (secondary N) is 1. The maximum atomic E-state index is 12.2. The fourth-order valence-corrected chi connectivity index (χ4v) is 3.02. The Bertz CT molecular complexity index is 293. The third kappa shape index (κ3) is 3.00. The molecule has 1 saturated heterocycles. The summed E-state index contributed by atoms with van der Waals surface area (Å²) in [5, 5.41) is 12.7. The lowest BCUT2D eigenvalue weighted by atomic mass is 9.78. The van der Waals surface area contributed by atoms with Crippen LogP contribution >= 0.6 is 0 Å². The molecule has 1 rings (SSSR count). The van der Waals surface area contributed by atoms with Gasteiger partial charge in [-0.15, -0.1) is 6.58 Å². The number of likely N-dealkylation sites (tertiary alicyclic amines) is 1. The largest absolute Gasteiger partial charge is 0.393 e. The zero-order valence-electron chi connectivity index (χ0n) is 11.3. The maximum Gasteiger partial charge on any atom is 0.318 e. The van der Waals surface area contributed by atoms with Gasteiger partial charge in [-0.05, 0) is 40.5 Å². The number of aliphatic hydroxyl groups excluding tert-OH is 1. The van der Waals surface area contributed by atoms with Gasteiger partial charge in [0.05, 0.1) is 6.10 Å². The Morgan fingerprint density at radius 1 is 1.41 bits per heavy atom. The number of piperidine rings is 1. The van der Waals surface area contributed by atoms with Gasteiger partial charge in [0.25, 0.3) is 0 Å². The van der Waals surface area contributed by atoms with Gasteiger partial charge in [-0.2, -0.15) is 0 Å². The van der Waals surface area contributed by atoms with E-state index in [1.54, 1.807) is 6.08 Å². The summed E-state index contributed by atoms with van der Waals surface area (Å²) in [6.07, 6.45) is 2.54. The monoisotopic (exact) mass is 240 g/mol. The van der Waals surface area contributed by atoms with E-state index in [1.807, 2.05) is 32.6 Å². The van der Waals surface area contributed by atoms with Gasteiger partial charge in [-0.1, -0.05) is 6.08 Å². The summed E-state index contributed by atoms with van der Waals surface area (Å²) in [5.41, 5.74) is -0.682. The number of carbonyl (C=O) groups excluding carboxylic acids is 1. The van der Waals surface area contributed by atoms with E-state index < -0.39 is 0 Å². The Morgan fingerprint density at radius 2 is 1.88 bits per heavy atom. The second-order valence-corrected chi connectivity index (χ2v) is 6.00. The summed E-state index contributed by atoms with van der Waals surface area (Å²) in [6.45, 7) is 12.0. The molecular formula is C13H24N2O2. The lowest BCUT2D eigenvalue weighted by molar-refractivity contribution is -0.0503. The van der Waals surface area contributed by atoms with Crippen LogP contribution in [0, 0.1) is 0 Å². The van der Waals surface area contributed by atoms with Crippen LogP contribution in [0.2, 0.25) is 0 Å². The van der Waals surface area contributed by atoms with E-state index in [-0.39, 0.29) is 23.2 Å². The highest BCUT2D eigenvalue weighted by Crippen LogP contribution is 2.38. The Balaban J connectivity index is 2.92. The Morgan fingerprint density at radius 3 is 2.29 bits per heavy atom. The maximum absolute atomic E-state index is 12.2. The molecule has 98 valence electrons. The van der Waals surface area contributed by atoms with Gasteiger partial charge in [0.15, 0.2) is 0 Å². The first-order valence-electron chi connectivity index (χ1n) is 6.08. The van der Waals surface area contributed by atoms with Crippen LogP contribution in [-0.2, 0) is 0 Å². The molecule has 4 nitrogen and oxygen atoms in total.